The third-order valence-corrected chi connectivity index (χ3v) is 2.99. The Labute approximate surface area is 109 Å². The van der Waals surface area contributed by atoms with Crippen molar-refractivity contribution in [1.29, 1.82) is 0 Å². The maximum Gasteiger partial charge on any atom is 0.0675 e. The van der Waals surface area contributed by atoms with Crippen LogP contribution in [0, 0.1) is 13.8 Å². The highest BCUT2D eigenvalue weighted by atomic mass is 15.3. The molecule has 0 amide bonds. The van der Waals surface area contributed by atoms with Gasteiger partial charge in [-0.25, -0.2) is 4.68 Å². The maximum atomic E-state index is 4.45. The molecule has 0 bridgehead atoms. The Balaban J connectivity index is 2.15. The van der Waals surface area contributed by atoms with Gasteiger partial charge in [0.2, 0.25) is 0 Å². The number of rotatable bonds is 5. The van der Waals surface area contributed by atoms with Crippen LogP contribution in [0.25, 0.3) is 5.69 Å². The zero-order chi connectivity index (χ0) is 13.0. The van der Waals surface area contributed by atoms with Gasteiger partial charge in [0.05, 0.1) is 11.4 Å². The van der Waals surface area contributed by atoms with E-state index in [4.69, 9.17) is 0 Å². The summed E-state index contributed by atoms with van der Waals surface area (Å²) >= 11 is 0. The SMILES string of the molecule is CCCNCc1ccc(-n2ccc(C)n2)c(C)c1. The van der Waals surface area contributed by atoms with Crippen LogP contribution in [-0.4, -0.2) is 16.3 Å². The first-order valence-corrected chi connectivity index (χ1v) is 6.53. The average Bonchev–Trinajstić information content (AvgIpc) is 2.76. The Morgan fingerprint density at radius 1 is 1.22 bits per heavy atom. The van der Waals surface area contributed by atoms with Crippen molar-refractivity contribution in [3.63, 3.8) is 0 Å². The Bertz CT molecular complexity index is 514. The molecule has 3 heteroatoms. The molecule has 1 aromatic carbocycles. The van der Waals surface area contributed by atoms with Crippen molar-refractivity contribution in [3.05, 3.63) is 47.3 Å². The van der Waals surface area contributed by atoms with Gasteiger partial charge in [-0.3, -0.25) is 0 Å². The second-order valence-electron chi connectivity index (χ2n) is 4.70. The van der Waals surface area contributed by atoms with E-state index < -0.39 is 0 Å². The van der Waals surface area contributed by atoms with Gasteiger partial charge in [0.15, 0.2) is 0 Å². The summed E-state index contributed by atoms with van der Waals surface area (Å²) in [6.45, 7) is 8.33. The molecule has 0 unspecified atom stereocenters. The smallest absolute Gasteiger partial charge is 0.0675 e. The standard InChI is InChI=1S/C15H21N3/c1-4-8-16-11-14-5-6-15(12(2)10-14)18-9-7-13(3)17-18/h5-7,9-10,16H,4,8,11H2,1-3H3. The lowest BCUT2D eigenvalue weighted by Crippen LogP contribution is -2.14. The van der Waals surface area contributed by atoms with Crippen LogP contribution in [0.2, 0.25) is 0 Å². The van der Waals surface area contributed by atoms with Gasteiger partial charge in [-0.15, -0.1) is 0 Å². The third kappa shape index (κ3) is 2.99. The molecule has 96 valence electrons. The van der Waals surface area contributed by atoms with Gasteiger partial charge in [-0.05, 0) is 50.1 Å². The highest BCUT2D eigenvalue weighted by Crippen LogP contribution is 2.15. The van der Waals surface area contributed by atoms with Crippen LogP contribution in [0.15, 0.2) is 30.5 Å². The van der Waals surface area contributed by atoms with Crippen LogP contribution < -0.4 is 5.32 Å². The van der Waals surface area contributed by atoms with Gasteiger partial charge in [0.25, 0.3) is 0 Å². The molecule has 0 atom stereocenters. The first-order chi connectivity index (χ1) is 8.70. The number of aromatic nitrogens is 2. The van der Waals surface area contributed by atoms with Crippen LogP contribution in [0.3, 0.4) is 0 Å². The fourth-order valence-electron chi connectivity index (χ4n) is 2.04. The number of aryl methyl sites for hydroxylation is 2. The van der Waals surface area contributed by atoms with E-state index in [0.717, 1.165) is 24.5 Å². The molecule has 0 radical (unpaired) electrons. The highest BCUT2D eigenvalue weighted by Gasteiger charge is 2.03. The maximum absolute atomic E-state index is 4.45. The number of nitrogens with zero attached hydrogens (tertiary/aromatic N) is 2. The van der Waals surface area contributed by atoms with Crippen LogP contribution in [-0.2, 0) is 6.54 Å². The van der Waals surface area contributed by atoms with Crippen LogP contribution in [0.5, 0.6) is 0 Å². The van der Waals surface area contributed by atoms with E-state index in [9.17, 15) is 0 Å². The minimum atomic E-state index is 0.938. The molecule has 2 rings (SSSR count). The molecule has 0 fully saturated rings. The Kier molecular flexibility index (Phi) is 4.15. The molecular weight excluding hydrogens is 222 g/mol. The number of nitrogens with one attached hydrogen (secondary N) is 1. The minimum absolute atomic E-state index is 0.938. The minimum Gasteiger partial charge on any atom is -0.313 e. The zero-order valence-electron chi connectivity index (χ0n) is 11.4. The molecule has 0 aliphatic heterocycles. The largest absolute Gasteiger partial charge is 0.313 e. The van der Waals surface area contributed by atoms with Gasteiger partial charge >= 0.3 is 0 Å². The van der Waals surface area contributed by atoms with Crippen LogP contribution >= 0.6 is 0 Å². The first kappa shape index (κ1) is 12.8. The summed E-state index contributed by atoms with van der Waals surface area (Å²) < 4.78 is 1.94. The fraction of sp³-hybridized carbons (Fsp3) is 0.400. The molecule has 1 aromatic heterocycles. The van der Waals surface area contributed by atoms with E-state index in [1.807, 2.05) is 23.9 Å². The normalized spacial score (nSPS) is 10.8. The number of hydrogen-bond acceptors (Lipinski definition) is 2. The van der Waals surface area contributed by atoms with E-state index in [1.165, 1.54) is 17.5 Å². The zero-order valence-corrected chi connectivity index (χ0v) is 11.4. The van der Waals surface area contributed by atoms with Crippen molar-refractivity contribution in [2.75, 3.05) is 6.54 Å². The van der Waals surface area contributed by atoms with E-state index >= 15 is 0 Å². The monoisotopic (exact) mass is 243 g/mol. The molecule has 0 aliphatic carbocycles. The van der Waals surface area contributed by atoms with Crippen LogP contribution in [0.1, 0.15) is 30.2 Å². The molecule has 0 saturated heterocycles. The lowest BCUT2D eigenvalue weighted by molar-refractivity contribution is 0.675. The van der Waals surface area contributed by atoms with E-state index in [0.29, 0.717) is 0 Å². The summed E-state index contributed by atoms with van der Waals surface area (Å²) in [7, 11) is 0. The Hall–Kier alpha value is -1.61. The Morgan fingerprint density at radius 3 is 2.67 bits per heavy atom. The lowest BCUT2D eigenvalue weighted by Gasteiger charge is -2.09. The van der Waals surface area contributed by atoms with Crippen molar-refractivity contribution in [1.82, 2.24) is 15.1 Å². The summed E-state index contributed by atoms with van der Waals surface area (Å²) in [4.78, 5) is 0. The van der Waals surface area contributed by atoms with Crippen molar-refractivity contribution in [2.45, 2.75) is 33.7 Å². The van der Waals surface area contributed by atoms with Crippen molar-refractivity contribution in [2.24, 2.45) is 0 Å². The molecule has 1 N–H and O–H groups in total. The highest BCUT2D eigenvalue weighted by molar-refractivity contribution is 5.42. The second-order valence-corrected chi connectivity index (χ2v) is 4.70. The third-order valence-electron chi connectivity index (χ3n) is 2.99. The summed E-state index contributed by atoms with van der Waals surface area (Å²) in [5.41, 5.74) is 4.79. The van der Waals surface area contributed by atoms with Crippen molar-refractivity contribution < 1.29 is 0 Å². The molecule has 1 heterocycles. The molecule has 18 heavy (non-hydrogen) atoms. The Morgan fingerprint density at radius 2 is 2.06 bits per heavy atom. The van der Waals surface area contributed by atoms with Crippen molar-refractivity contribution >= 4 is 0 Å². The summed E-state index contributed by atoms with van der Waals surface area (Å²) in [6.07, 6.45) is 3.18. The topological polar surface area (TPSA) is 29.9 Å². The second kappa shape index (κ2) is 5.83. The average molecular weight is 243 g/mol. The van der Waals surface area contributed by atoms with E-state index in [1.54, 1.807) is 0 Å². The predicted molar refractivity (Wildman–Crippen MR) is 75.0 cm³/mol. The van der Waals surface area contributed by atoms with E-state index in [2.05, 4.69) is 42.5 Å². The number of benzene rings is 1. The lowest BCUT2D eigenvalue weighted by atomic mass is 10.1. The molecule has 3 nitrogen and oxygen atoms in total. The van der Waals surface area contributed by atoms with Crippen LogP contribution in [0.4, 0.5) is 0 Å². The molecule has 0 saturated carbocycles. The predicted octanol–water partition coefficient (Wildman–Crippen LogP) is 2.99. The van der Waals surface area contributed by atoms with Gasteiger partial charge in [-0.2, -0.15) is 5.10 Å². The van der Waals surface area contributed by atoms with Gasteiger partial charge in [0, 0.05) is 12.7 Å². The fourth-order valence-corrected chi connectivity index (χ4v) is 2.04. The van der Waals surface area contributed by atoms with E-state index in [-0.39, 0.29) is 0 Å². The molecule has 0 aliphatic rings. The molecular formula is C15H21N3. The number of hydrogen-bond donors (Lipinski definition) is 1. The summed E-state index contributed by atoms with van der Waals surface area (Å²) in [5, 5.41) is 7.87. The van der Waals surface area contributed by atoms with Gasteiger partial charge in [0.1, 0.15) is 0 Å². The summed E-state index contributed by atoms with van der Waals surface area (Å²) in [6, 6.07) is 8.57. The summed E-state index contributed by atoms with van der Waals surface area (Å²) in [5.74, 6) is 0. The first-order valence-electron chi connectivity index (χ1n) is 6.53. The van der Waals surface area contributed by atoms with Gasteiger partial charge < -0.3 is 5.32 Å². The quantitative estimate of drug-likeness (QED) is 0.818. The molecule has 2 aromatic rings. The van der Waals surface area contributed by atoms with Crippen molar-refractivity contribution in [3.8, 4) is 5.69 Å². The molecule has 0 spiro atoms. The van der Waals surface area contributed by atoms with Gasteiger partial charge in [-0.1, -0.05) is 19.1 Å².